The second-order valence-electron chi connectivity index (χ2n) is 26.7. The Balaban J connectivity index is 3.84. The van der Waals surface area contributed by atoms with Crippen molar-refractivity contribution < 1.29 is 42.1 Å². The molecule has 0 spiro atoms. The van der Waals surface area contributed by atoms with Gasteiger partial charge < -0.3 is 18.9 Å². The molecule has 0 aliphatic heterocycles. The van der Waals surface area contributed by atoms with Crippen LogP contribution in [0.2, 0.25) is 0 Å². The summed E-state index contributed by atoms with van der Waals surface area (Å²) in [5.41, 5.74) is 0. The van der Waals surface area contributed by atoms with Crippen molar-refractivity contribution in [1.82, 2.24) is 0 Å². The fraction of sp³-hybridized carbons (Fsp3) is 0.945. The Morgan fingerprint density at radius 1 is 0.361 bits per heavy atom. The standard InChI is InChI=1S/C73H144NO8P/c1-6-8-10-12-14-16-18-20-22-24-26-27-28-29-30-31-32-33-34-35-36-37-38-39-40-41-42-43-44-45-46-48-49-51-53-55-57-59-61-63-65-72(75)79-69-71(70-81-83(77,78)80-68-67-74(3,4)5)82-73(76)66-64-62-60-58-56-54-52-50-47-25-23-21-19-17-15-13-11-9-7-2/h21,23,71H,6-20,22,24-70H2,1-5H3/p+1/b23-21-. The number of hydrogen-bond donors (Lipinski definition) is 1. The van der Waals surface area contributed by atoms with Crippen molar-refractivity contribution in [2.75, 3.05) is 47.5 Å². The minimum Gasteiger partial charge on any atom is -0.462 e. The highest BCUT2D eigenvalue weighted by molar-refractivity contribution is 7.47. The summed E-state index contributed by atoms with van der Waals surface area (Å²) in [7, 11) is 1.50. The molecule has 2 unspecified atom stereocenters. The predicted octanol–water partition coefficient (Wildman–Crippen LogP) is 23.9. The summed E-state index contributed by atoms with van der Waals surface area (Å²) in [6, 6.07) is 0. The number of esters is 2. The minimum atomic E-state index is -4.39. The van der Waals surface area contributed by atoms with Gasteiger partial charge in [-0.1, -0.05) is 353 Å². The normalized spacial score (nSPS) is 13.1. The van der Waals surface area contributed by atoms with E-state index in [1.807, 2.05) is 21.1 Å². The predicted molar refractivity (Wildman–Crippen MR) is 358 cm³/mol. The number of nitrogens with zero attached hydrogens (tertiary/aromatic N) is 1. The first-order valence-electron chi connectivity index (χ1n) is 36.9. The Morgan fingerprint density at radius 3 is 0.892 bits per heavy atom. The van der Waals surface area contributed by atoms with Crippen molar-refractivity contribution in [2.24, 2.45) is 0 Å². The molecule has 0 heterocycles. The van der Waals surface area contributed by atoms with Crippen LogP contribution in [-0.4, -0.2) is 74.9 Å². The Morgan fingerprint density at radius 2 is 0.614 bits per heavy atom. The van der Waals surface area contributed by atoms with E-state index in [0.29, 0.717) is 23.9 Å². The maximum Gasteiger partial charge on any atom is 0.472 e. The highest BCUT2D eigenvalue weighted by Gasteiger charge is 2.27. The van der Waals surface area contributed by atoms with Crippen LogP contribution in [0.5, 0.6) is 0 Å². The fourth-order valence-corrected chi connectivity index (χ4v) is 12.1. The number of phosphoric acid groups is 1. The molecule has 10 heteroatoms. The maximum atomic E-state index is 12.8. The zero-order valence-electron chi connectivity index (χ0n) is 56.5. The Hall–Kier alpha value is -1.25. The zero-order valence-corrected chi connectivity index (χ0v) is 57.4. The largest absolute Gasteiger partial charge is 0.472 e. The van der Waals surface area contributed by atoms with Gasteiger partial charge in [0, 0.05) is 12.8 Å². The number of quaternary nitrogens is 1. The van der Waals surface area contributed by atoms with Crippen LogP contribution < -0.4 is 0 Å². The van der Waals surface area contributed by atoms with E-state index >= 15 is 0 Å². The van der Waals surface area contributed by atoms with Crippen LogP contribution in [0.3, 0.4) is 0 Å². The number of carbonyl (C=O) groups is 2. The van der Waals surface area contributed by atoms with Gasteiger partial charge in [-0.05, 0) is 38.5 Å². The van der Waals surface area contributed by atoms with E-state index in [9.17, 15) is 19.0 Å². The van der Waals surface area contributed by atoms with E-state index in [-0.39, 0.29) is 25.6 Å². The van der Waals surface area contributed by atoms with E-state index in [2.05, 4.69) is 26.0 Å². The molecule has 2 atom stereocenters. The molecule has 9 nitrogen and oxygen atoms in total. The first-order valence-corrected chi connectivity index (χ1v) is 38.4. The molecule has 0 saturated heterocycles. The van der Waals surface area contributed by atoms with Gasteiger partial charge >= 0.3 is 19.8 Å². The van der Waals surface area contributed by atoms with Gasteiger partial charge in [0.1, 0.15) is 19.8 Å². The van der Waals surface area contributed by atoms with Gasteiger partial charge in [-0.2, -0.15) is 0 Å². The number of phosphoric ester groups is 1. The van der Waals surface area contributed by atoms with Crippen LogP contribution in [0.25, 0.3) is 0 Å². The lowest BCUT2D eigenvalue weighted by atomic mass is 10.0. The quantitative estimate of drug-likeness (QED) is 0.0211. The fourth-order valence-electron chi connectivity index (χ4n) is 11.4. The summed E-state index contributed by atoms with van der Waals surface area (Å²) in [6.45, 7) is 4.50. The molecular weight excluding hydrogens is 1050 g/mol. The smallest absolute Gasteiger partial charge is 0.462 e. The lowest BCUT2D eigenvalue weighted by molar-refractivity contribution is -0.870. The number of likely N-dealkylation sites (N-methyl/N-ethyl adjacent to an activating group) is 1. The summed E-state index contributed by atoms with van der Waals surface area (Å²) in [5.74, 6) is -0.777. The average molecular weight is 1200 g/mol. The summed E-state index contributed by atoms with van der Waals surface area (Å²) in [4.78, 5) is 35.8. The number of unbranched alkanes of at least 4 members (excludes halogenated alkanes) is 54. The number of carbonyl (C=O) groups excluding carboxylic acids is 2. The van der Waals surface area contributed by atoms with Crippen LogP contribution in [0, 0.1) is 0 Å². The summed E-state index contributed by atoms with van der Waals surface area (Å²) in [6.07, 6.45) is 80.7. The topological polar surface area (TPSA) is 108 Å². The summed E-state index contributed by atoms with van der Waals surface area (Å²) >= 11 is 0. The van der Waals surface area contributed by atoms with E-state index in [4.69, 9.17) is 18.5 Å². The van der Waals surface area contributed by atoms with Gasteiger partial charge in [-0.25, -0.2) is 4.57 Å². The van der Waals surface area contributed by atoms with Crippen LogP contribution >= 0.6 is 7.82 Å². The number of hydrogen-bond acceptors (Lipinski definition) is 7. The van der Waals surface area contributed by atoms with E-state index in [0.717, 1.165) is 32.1 Å². The second kappa shape index (κ2) is 65.2. The second-order valence-corrected chi connectivity index (χ2v) is 28.1. The Bertz CT molecular complexity index is 1400. The molecule has 0 aliphatic rings. The lowest BCUT2D eigenvalue weighted by Crippen LogP contribution is -2.37. The molecule has 0 rings (SSSR count). The highest BCUT2D eigenvalue weighted by Crippen LogP contribution is 2.43. The molecule has 1 N–H and O–H groups in total. The SMILES string of the molecule is CCCCCCCC/C=C\CCCCCCCCCCCC(=O)OC(COC(=O)CCCCCCCCCCCCCCCCCCCCCCCCCCCCCCCCCCCCCCCCCC)COP(=O)(O)OCC[N+](C)(C)C. The molecular formula is C73H145NO8P+. The summed E-state index contributed by atoms with van der Waals surface area (Å²) in [5, 5.41) is 0. The summed E-state index contributed by atoms with van der Waals surface area (Å²) < 4.78 is 34.7. The molecule has 0 aromatic carbocycles. The maximum absolute atomic E-state index is 12.8. The van der Waals surface area contributed by atoms with Crippen molar-refractivity contribution in [2.45, 2.75) is 399 Å². The molecule has 0 aromatic rings. The van der Waals surface area contributed by atoms with Gasteiger partial charge in [-0.15, -0.1) is 0 Å². The molecule has 494 valence electrons. The van der Waals surface area contributed by atoms with Gasteiger partial charge in [0.2, 0.25) is 0 Å². The van der Waals surface area contributed by atoms with Crippen LogP contribution in [-0.2, 0) is 32.7 Å². The lowest BCUT2D eigenvalue weighted by Gasteiger charge is -2.24. The molecule has 0 amide bonds. The zero-order chi connectivity index (χ0) is 60.5. The molecule has 0 saturated carbocycles. The van der Waals surface area contributed by atoms with Crippen LogP contribution in [0.15, 0.2) is 12.2 Å². The van der Waals surface area contributed by atoms with Gasteiger partial charge in [-0.3, -0.25) is 18.6 Å². The van der Waals surface area contributed by atoms with Crippen molar-refractivity contribution in [3.8, 4) is 0 Å². The third-order valence-corrected chi connectivity index (χ3v) is 18.0. The van der Waals surface area contributed by atoms with Gasteiger partial charge in [0.05, 0.1) is 27.7 Å². The number of allylic oxidation sites excluding steroid dienone is 2. The monoisotopic (exact) mass is 1200 g/mol. The molecule has 0 fully saturated rings. The van der Waals surface area contributed by atoms with Gasteiger partial charge in [0.15, 0.2) is 6.10 Å². The Kier molecular flexibility index (Phi) is 64.2. The van der Waals surface area contributed by atoms with Crippen molar-refractivity contribution in [1.29, 1.82) is 0 Å². The average Bonchev–Trinajstić information content (AvgIpc) is 3.49. The van der Waals surface area contributed by atoms with Crippen molar-refractivity contribution in [3.05, 3.63) is 12.2 Å². The third kappa shape index (κ3) is 69.7. The first kappa shape index (κ1) is 81.8. The van der Waals surface area contributed by atoms with Crippen molar-refractivity contribution >= 4 is 19.8 Å². The number of rotatable bonds is 70. The van der Waals surface area contributed by atoms with E-state index < -0.39 is 26.5 Å². The molecule has 83 heavy (non-hydrogen) atoms. The molecule has 0 bridgehead atoms. The third-order valence-electron chi connectivity index (χ3n) is 17.0. The van der Waals surface area contributed by atoms with Gasteiger partial charge in [0.25, 0.3) is 0 Å². The van der Waals surface area contributed by atoms with E-state index in [1.54, 1.807) is 0 Å². The minimum absolute atomic E-state index is 0.0352. The Labute approximate surface area is 517 Å². The van der Waals surface area contributed by atoms with Crippen LogP contribution in [0.1, 0.15) is 393 Å². The van der Waals surface area contributed by atoms with Crippen molar-refractivity contribution in [3.63, 3.8) is 0 Å². The molecule has 0 aromatic heterocycles. The first-order chi connectivity index (χ1) is 40.5. The number of ether oxygens (including phenoxy) is 2. The van der Waals surface area contributed by atoms with Crippen LogP contribution in [0.4, 0.5) is 0 Å². The molecule has 0 aliphatic carbocycles. The molecule has 0 radical (unpaired) electrons. The van der Waals surface area contributed by atoms with E-state index in [1.165, 1.54) is 327 Å². The highest BCUT2D eigenvalue weighted by atomic mass is 31.2.